The molecule has 0 aliphatic carbocycles. The molecule has 0 radical (unpaired) electrons. The highest BCUT2D eigenvalue weighted by molar-refractivity contribution is 6.62. The molecule has 7 aromatic rings. The van der Waals surface area contributed by atoms with Gasteiger partial charge in [0.25, 0.3) is 0 Å². The van der Waals surface area contributed by atoms with Crippen LogP contribution < -0.4 is 5.46 Å². The molecule has 1 aliphatic rings. The second kappa shape index (κ2) is 10.4. The van der Waals surface area contributed by atoms with Gasteiger partial charge in [0, 0.05) is 16.5 Å². The molecule has 0 atom stereocenters. The fourth-order valence-electron chi connectivity index (χ4n) is 6.36. The van der Waals surface area contributed by atoms with E-state index in [-0.39, 0.29) is 0 Å². The van der Waals surface area contributed by atoms with E-state index in [1.54, 1.807) is 0 Å². The van der Waals surface area contributed by atoms with Gasteiger partial charge in [-0.15, -0.1) is 0 Å². The summed E-state index contributed by atoms with van der Waals surface area (Å²) < 4.78 is 12.7. The van der Waals surface area contributed by atoms with Crippen LogP contribution in [0.3, 0.4) is 0 Å². The number of aromatic nitrogens is 2. The lowest BCUT2D eigenvalue weighted by Crippen LogP contribution is -2.41. The fraction of sp³-hybridized carbons (Fsp3) is 0.150. The smallest absolute Gasteiger partial charge is 0.399 e. The van der Waals surface area contributed by atoms with Crippen molar-refractivity contribution in [3.63, 3.8) is 0 Å². The number of hydrogen-bond acceptors (Lipinski definition) is 4. The van der Waals surface area contributed by atoms with Crippen LogP contribution in [0, 0.1) is 0 Å². The molecule has 6 aromatic carbocycles. The second-order valence-electron chi connectivity index (χ2n) is 12.9. The first-order valence-electron chi connectivity index (χ1n) is 15.5. The Morgan fingerprint density at radius 3 is 1.93 bits per heavy atom. The number of nitrogens with zero attached hydrogens (tertiary/aromatic N) is 2. The number of para-hydroxylation sites is 1. The Labute approximate surface area is 263 Å². The molecule has 218 valence electrons. The Kier molecular flexibility index (Phi) is 6.38. The zero-order valence-electron chi connectivity index (χ0n) is 25.9. The van der Waals surface area contributed by atoms with E-state index in [1.165, 1.54) is 27.1 Å². The molecule has 0 unspecified atom stereocenters. The number of fused-ring (bicyclic) bond motifs is 4. The van der Waals surface area contributed by atoms with Gasteiger partial charge in [0.1, 0.15) is 0 Å². The summed E-state index contributed by atoms with van der Waals surface area (Å²) in [5, 5.41) is 6.01. The van der Waals surface area contributed by atoms with E-state index in [2.05, 4.69) is 137 Å². The first kappa shape index (κ1) is 27.7. The maximum Gasteiger partial charge on any atom is 0.494 e. The van der Waals surface area contributed by atoms with Crippen molar-refractivity contribution in [1.82, 2.24) is 9.97 Å². The third-order valence-corrected chi connectivity index (χ3v) is 9.49. The minimum Gasteiger partial charge on any atom is -0.399 e. The molecule has 1 aromatic heterocycles. The average Bonchev–Trinajstić information content (AvgIpc) is 3.30. The zero-order chi connectivity index (χ0) is 30.8. The van der Waals surface area contributed by atoms with Crippen molar-refractivity contribution in [2.45, 2.75) is 38.9 Å². The Morgan fingerprint density at radius 1 is 0.511 bits per heavy atom. The molecular formula is C40H33BN2O2. The largest absolute Gasteiger partial charge is 0.494 e. The standard InChI is InChI=1S/C40H33BN2O2/c1-39(2)40(3,4)45-41(44-39)30-17-12-16-29(24-30)38-42-36-22-10-9-21-34(36)37(43-38)28-15-11-14-26(23-28)35-25-27-13-5-6-18-31(27)32-19-7-8-20-33(32)35/h5-25H,1-4H3. The van der Waals surface area contributed by atoms with Gasteiger partial charge in [0.2, 0.25) is 0 Å². The Bertz CT molecular complexity index is 2240. The molecule has 1 aliphatic heterocycles. The molecule has 1 fully saturated rings. The van der Waals surface area contributed by atoms with Crippen molar-refractivity contribution < 1.29 is 9.31 Å². The first-order chi connectivity index (χ1) is 21.8. The summed E-state index contributed by atoms with van der Waals surface area (Å²) in [5.74, 6) is 0.670. The first-order valence-corrected chi connectivity index (χ1v) is 15.5. The van der Waals surface area contributed by atoms with Crippen LogP contribution in [0.2, 0.25) is 0 Å². The van der Waals surface area contributed by atoms with E-state index in [0.29, 0.717) is 5.82 Å². The Balaban J connectivity index is 1.26. The lowest BCUT2D eigenvalue weighted by atomic mass is 9.78. The lowest BCUT2D eigenvalue weighted by molar-refractivity contribution is 0.00578. The van der Waals surface area contributed by atoms with Crippen LogP contribution in [0.15, 0.2) is 127 Å². The van der Waals surface area contributed by atoms with Crippen molar-refractivity contribution in [2.24, 2.45) is 0 Å². The van der Waals surface area contributed by atoms with Gasteiger partial charge in [-0.05, 0) is 84.0 Å². The molecule has 0 N–H and O–H groups in total. The molecule has 45 heavy (non-hydrogen) atoms. The molecule has 0 spiro atoms. The highest BCUT2D eigenvalue weighted by Gasteiger charge is 2.51. The van der Waals surface area contributed by atoms with Crippen LogP contribution in [0.5, 0.6) is 0 Å². The topological polar surface area (TPSA) is 44.2 Å². The van der Waals surface area contributed by atoms with Gasteiger partial charge in [-0.2, -0.15) is 0 Å². The number of rotatable bonds is 4. The van der Waals surface area contributed by atoms with Crippen molar-refractivity contribution in [3.05, 3.63) is 127 Å². The van der Waals surface area contributed by atoms with Crippen LogP contribution >= 0.6 is 0 Å². The molecule has 2 heterocycles. The van der Waals surface area contributed by atoms with Gasteiger partial charge in [-0.25, -0.2) is 9.97 Å². The predicted octanol–water partition coefficient (Wildman–Crippen LogP) is 9.24. The Hall–Kier alpha value is -4.84. The minimum atomic E-state index is -0.455. The van der Waals surface area contributed by atoms with Crippen LogP contribution in [0.4, 0.5) is 0 Å². The van der Waals surface area contributed by atoms with Gasteiger partial charge in [-0.1, -0.05) is 109 Å². The zero-order valence-corrected chi connectivity index (χ0v) is 25.9. The quantitative estimate of drug-likeness (QED) is 0.153. The van der Waals surface area contributed by atoms with E-state index in [1.807, 2.05) is 18.2 Å². The monoisotopic (exact) mass is 584 g/mol. The van der Waals surface area contributed by atoms with E-state index >= 15 is 0 Å². The number of hydrogen-bond donors (Lipinski definition) is 0. The molecular weight excluding hydrogens is 551 g/mol. The van der Waals surface area contributed by atoms with Gasteiger partial charge in [-0.3, -0.25) is 0 Å². The van der Waals surface area contributed by atoms with Crippen LogP contribution in [-0.2, 0) is 9.31 Å². The summed E-state index contributed by atoms with van der Waals surface area (Å²) in [7, 11) is -0.455. The fourth-order valence-corrected chi connectivity index (χ4v) is 6.36. The SMILES string of the molecule is CC1(C)OB(c2cccc(-c3nc(-c4cccc(-c5cc6ccccc6c6ccccc56)c4)c4ccccc4n3)c2)OC1(C)C. The highest BCUT2D eigenvalue weighted by Crippen LogP contribution is 2.38. The van der Waals surface area contributed by atoms with Crippen LogP contribution in [0.25, 0.3) is 66.2 Å². The van der Waals surface area contributed by atoms with Crippen molar-refractivity contribution in [2.75, 3.05) is 0 Å². The van der Waals surface area contributed by atoms with E-state index in [0.717, 1.165) is 38.8 Å². The third kappa shape index (κ3) is 4.71. The van der Waals surface area contributed by atoms with E-state index in [4.69, 9.17) is 19.3 Å². The van der Waals surface area contributed by atoms with Crippen molar-refractivity contribution >= 4 is 45.0 Å². The Morgan fingerprint density at radius 2 is 1.13 bits per heavy atom. The van der Waals surface area contributed by atoms with E-state index < -0.39 is 18.3 Å². The summed E-state index contributed by atoms with van der Waals surface area (Å²) in [6, 6.07) is 44.8. The van der Waals surface area contributed by atoms with Gasteiger partial charge in [0.05, 0.1) is 22.4 Å². The lowest BCUT2D eigenvalue weighted by Gasteiger charge is -2.32. The average molecular weight is 585 g/mol. The summed E-state index contributed by atoms with van der Waals surface area (Å²) in [4.78, 5) is 10.2. The van der Waals surface area contributed by atoms with Gasteiger partial charge in [0.15, 0.2) is 5.82 Å². The summed E-state index contributed by atoms with van der Waals surface area (Å²) >= 11 is 0. The molecule has 0 amide bonds. The molecule has 1 saturated heterocycles. The van der Waals surface area contributed by atoms with Crippen LogP contribution in [0.1, 0.15) is 27.7 Å². The van der Waals surface area contributed by atoms with Gasteiger partial charge >= 0.3 is 7.12 Å². The number of benzene rings is 6. The van der Waals surface area contributed by atoms with Crippen molar-refractivity contribution in [3.8, 4) is 33.8 Å². The second-order valence-corrected chi connectivity index (χ2v) is 12.9. The molecule has 4 nitrogen and oxygen atoms in total. The molecule has 0 saturated carbocycles. The maximum atomic E-state index is 6.35. The molecule has 8 rings (SSSR count). The summed E-state index contributed by atoms with van der Waals surface area (Å²) in [6.07, 6.45) is 0. The summed E-state index contributed by atoms with van der Waals surface area (Å²) in [5.41, 5.74) is 6.26. The normalized spacial score (nSPS) is 15.7. The molecule has 5 heteroatoms. The van der Waals surface area contributed by atoms with Gasteiger partial charge < -0.3 is 9.31 Å². The third-order valence-electron chi connectivity index (χ3n) is 9.49. The van der Waals surface area contributed by atoms with Crippen molar-refractivity contribution in [1.29, 1.82) is 0 Å². The minimum absolute atomic E-state index is 0.415. The summed E-state index contributed by atoms with van der Waals surface area (Å²) in [6.45, 7) is 8.30. The highest BCUT2D eigenvalue weighted by atomic mass is 16.7. The predicted molar refractivity (Wildman–Crippen MR) is 187 cm³/mol. The van der Waals surface area contributed by atoms with Crippen LogP contribution in [-0.4, -0.2) is 28.3 Å². The maximum absolute atomic E-state index is 6.35. The van der Waals surface area contributed by atoms with E-state index in [9.17, 15) is 0 Å². The molecule has 0 bridgehead atoms.